The molecular weight excluding hydrogens is 342 g/mol. The lowest BCUT2D eigenvalue weighted by molar-refractivity contribution is 0.344. The van der Waals surface area contributed by atoms with Crippen LogP contribution in [0.5, 0.6) is 11.6 Å². The predicted molar refractivity (Wildman–Crippen MR) is 94.4 cm³/mol. The number of hydrogen-bond donors (Lipinski definition) is 0. The molecular formula is C17H14ClN5O2. The molecule has 7 nitrogen and oxygen atoms in total. The van der Waals surface area contributed by atoms with Crippen molar-refractivity contribution in [2.45, 2.75) is 6.92 Å². The molecule has 126 valence electrons. The Balaban J connectivity index is 2.15. The van der Waals surface area contributed by atoms with E-state index in [1.165, 1.54) is 7.11 Å². The SMILES string of the molecule is COc1cc2nnc3c(C)nc(-c4ccccc4Cl)n3c2nc1OC. The van der Waals surface area contributed by atoms with Crippen LogP contribution in [0.4, 0.5) is 0 Å². The van der Waals surface area contributed by atoms with Crippen molar-refractivity contribution in [3.63, 3.8) is 0 Å². The van der Waals surface area contributed by atoms with Crippen molar-refractivity contribution in [2.24, 2.45) is 0 Å². The number of imidazole rings is 1. The quantitative estimate of drug-likeness (QED) is 0.561. The van der Waals surface area contributed by atoms with Crippen LogP contribution in [-0.2, 0) is 0 Å². The smallest absolute Gasteiger partial charge is 0.258 e. The zero-order chi connectivity index (χ0) is 17.6. The number of benzene rings is 1. The summed E-state index contributed by atoms with van der Waals surface area (Å²) in [5.41, 5.74) is 3.27. The Morgan fingerprint density at radius 2 is 1.80 bits per heavy atom. The molecule has 0 aliphatic rings. The van der Waals surface area contributed by atoms with Crippen molar-refractivity contribution < 1.29 is 9.47 Å². The van der Waals surface area contributed by atoms with E-state index in [2.05, 4.69) is 20.2 Å². The summed E-state index contributed by atoms with van der Waals surface area (Å²) in [6, 6.07) is 9.24. The highest BCUT2D eigenvalue weighted by Crippen LogP contribution is 2.32. The topological polar surface area (TPSA) is 74.4 Å². The average molecular weight is 356 g/mol. The number of ether oxygens (including phenoxy) is 2. The van der Waals surface area contributed by atoms with Crippen LogP contribution in [0.2, 0.25) is 5.02 Å². The maximum Gasteiger partial charge on any atom is 0.258 e. The highest BCUT2D eigenvalue weighted by atomic mass is 35.5. The molecule has 0 aliphatic heterocycles. The minimum atomic E-state index is 0.362. The Bertz CT molecular complexity index is 1110. The number of aromatic nitrogens is 5. The second-order valence-electron chi connectivity index (χ2n) is 5.40. The zero-order valence-corrected chi connectivity index (χ0v) is 14.6. The molecule has 0 N–H and O–H groups in total. The lowest BCUT2D eigenvalue weighted by atomic mass is 10.2. The average Bonchev–Trinajstić information content (AvgIpc) is 2.97. The number of methoxy groups -OCH3 is 2. The van der Waals surface area contributed by atoms with E-state index >= 15 is 0 Å². The Hall–Kier alpha value is -2.93. The van der Waals surface area contributed by atoms with Crippen molar-refractivity contribution in [3.8, 4) is 23.0 Å². The van der Waals surface area contributed by atoms with Gasteiger partial charge in [-0.15, -0.1) is 10.2 Å². The highest BCUT2D eigenvalue weighted by Gasteiger charge is 2.19. The van der Waals surface area contributed by atoms with Gasteiger partial charge in [0, 0.05) is 11.6 Å². The Labute approximate surface area is 148 Å². The van der Waals surface area contributed by atoms with Crippen LogP contribution in [0.15, 0.2) is 30.3 Å². The molecule has 0 bridgehead atoms. The minimum Gasteiger partial charge on any atom is -0.491 e. The molecule has 1 aromatic carbocycles. The lowest BCUT2D eigenvalue weighted by Crippen LogP contribution is -2.02. The molecule has 3 aromatic heterocycles. The predicted octanol–water partition coefficient (Wildman–Crippen LogP) is 3.32. The summed E-state index contributed by atoms with van der Waals surface area (Å²) in [6.45, 7) is 1.87. The van der Waals surface area contributed by atoms with Crippen molar-refractivity contribution in [1.82, 2.24) is 24.6 Å². The van der Waals surface area contributed by atoms with E-state index in [-0.39, 0.29) is 0 Å². The van der Waals surface area contributed by atoms with E-state index in [9.17, 15) is 0 Å². The molecule has 0 spiro atoms. The molecule has 4 aromatic rings. The molecule has 8 heteroatoms. The largest absolute Gasteiger partial charge is 0.491 e. The van der Waals surface area contributed by atoms with Gasteiger partial charge in [0.05, 0.1) is 24.9 Å². The van der Waals surface area contributed by atoms with Gasteiger partial charge in [-0.25, -0.2) is 4.98 Å². The third kappa shape index (κ3) is 2.35. The fourth-order valence-corrected chi connectivity index (χ4v) is 2.97. The van der Waals surface area contributed by atoms with Crippen LogP contribution in [-0.4, -0.2) is 38.8 Å². The molecule has 0 saturated heterocycles. The van der Waals surface area contributed by atoms with Gasteiger partial charge in [0.25, 0.3) is 5.88 Å². The first kappa shape index (κ1) is 15.6. The molecule has 3 heterocycles. The molecule has 0 saturated carbocycles. The summed E-state index contributed by atoms with van der Waals surface area (Å²) in [7, 11) is 3.09. The van der Waals surface area contributed by atoms with E-state index in [4.69, 9.17) is 21.1 Å². The second kappa shape index (κ2) is 5.86. The standard InChI is InChI=1S/C17H14ClN5O2/c1-9-14-22-21-12-8-13(24-2)17(25-3)20-16(12)23(14)15(19-9)10-6-4-5-7-11(10)18/h4-8H,1-3H3. The van der Waals surface area contributed by atoms with E-state index < -0.39 is 0 Å². The second-order valence-corrected chi connectivity index (χ2v) is 5.81. The van der Waals surface area contributed by atoms with Gasteiger partial charge in [0.15, 0.2) is 17.0 Å². The summed E-state index contributed by atoms with van der Waals surface area (Å²) in [4.78, 5) is 9.18. The maximum atomic E-state index is 6.37. The number of pyridine rings is 1. The van der Waals surface area contributed by atoms with Crippen molar-refractivity contribution >= 4 is 28.4 Å². The Morgan fingerprint density at radius 3 is 2.52 bits per heavy atom. The normalized spacial score (nSPS) is 11.2. The van der Waals surface area contributed by atoms with Crippen LogP contribution in [0.25, 0.3) is 28.2 Å². The Kier molecular flexibility index (Phi) is 3.65. The molecule has 0 fully saturated rings. The van der Waals surface area contributed by atoms with E-state index in [1.54, 1.807) is 13.2 Å². The van der Waals surface area contributed by atoms with E-state index in [0.717, 1.165) is 11.3 Å². The van der Waals surface area contributed by atoms with E-state index in [1.807, 2.05) is 35.6 Å². The Morgan fingerprint density at radius 1 is 1.00 bits per heavy atom. The molecule has 4 rings (SSSR count). The van der Waals surface area contributed by atoms with E-state index in [0.29, 0.717) is 39.3 Å². The molecule has 0 unspecified atom stereocenters. The van der Waals surface area contributed by atoms with Crippen molar-refractivity contribution in [3.05, 3.63) is 41.0 Å². The molecule has 0 amide bonds. The minimum absolute atomic E-state index is 0.362. The fourth-order valence-electron chi connectivity index (χ4n) is 2.75. The molecule has 0 radical (unpaired) electrons. The first-order valence-corrected chi connectivity index (χ1v) is 7.91. The summed E-state index contributed by atoms with van der Waals surface area (Å²) in [5, 5.41) is 9.13. The third-order valence-electron chi connectivity index (χ3n) is 3.93. The van der Waals surface area contributed by atoms with Gasteiger partial charge in [0.2, 0.25) is 0 Å². The number of rotatable bonds is 3. The van der Waals surface area contributed by atoms with Gasteiger partial charge in [-0.2, -0.15) is 4.98 Å². The summed E-state index contributed by atoms with van der Waals surface area (Å²) >= 11 is 6.37. The van der Waals surface area contributed by atoms with Crippen LogP contribution >= 0.6 is 11.6 Å². The number of fused-ring (bicyclic) bond motifs is 3. The summed E-state index contributed by atoms with van der Waals surface area (Å²) < 4.78 is 12.5. The zero-order valence-electron chi connectivity index (χ0n) is 13.8. The number of hydrogen-bond acceptors (Lipinski definition) is 6. The molecule has 25 heavy (non-hydrogen) atoms. The summed E-state index contributed by atoms with van der Waals surface area (Å²) in [5.74, 6) is 1.50. The molecule has 0 aliphatic carbocycles. The van der Waals surface area contributed by atoms with Gasteiger partial charge in [-0.1, -0.05) is 23.7 Å². The van der Waals surface area contributed by atoms with Gasteiger partial charge in [0.1, 0.15) is 11.3 Å². The van der Waals surface area contributed by atoms with Crippen LogP contribution in [0.3, 0.4) is 0 Å². The maximum absolute atomic E-state index is 6.37. The number of halogens is 1. The van der Waals surface area contributed by atoms with Gasteiger partial charge in [-0.05, 0) is 19.1 Å². The van der Waals surface area contributed by atoms with Crippen LogP contribution in [0, 0.1) is 6.92 Å². The molecule has 0 atom stereocenters. The summed E-state index contributed by atoms with van der Waals surface area (Å²) in [6.07, 6.45) is 0. The monoisotopic (exact) mass is 355 g/mol. The van der Waals surface area contributed by atoms with Crippen LogP contribution in [0.1, 0.15) is 5.69 Å². The first-order valence-electron chi connectivity index (χ1n) is 7.53. The third-order valence-corrected chi connectivity index (χ3v) is 4.26. The first-order chi connectivity index (χ1) is 12.1. The number of aryl methyl sites for hydroxylation is 1. The van der Waals surface area contributed by atoms with Crippen molar-refractivity contribution in [1.29, 1.82) is 0 Å². The highest BCUT2D eigenvalue weighted by molar-refractivity contribution is 6.33. The van der Waals surface area contributed by atoms with Crippen molar-refractivity contribution in [2.75, 3.05) is 14.2 Å². The van der Waals surface area contributed by atoms with Crippen LogP contribution < -0.4 is 9.47 Å². The fraction of sp³-hybridized carbons (Fsp3) is 0.176. The van der Waals surface area contributed by atoms with Gasteiger partial charge < -0.3 is 9.47 Å². The van der Waals surface area contributed by atoms with Gasteiger partial charge in [-0.3, -0.25) is 4.40 Å². The van der Waals surface area contributed by atoms with Gasteiger partial charge >= 0.3 is 0 Å². The lowest BCUT2D eigenvalue weighted by Gasteiger charge is -2.09. The number of nitrogens with zero attached hydrogens (tertiary/aromatic N) is 5.